The number of nitrogens with zero attached hydrogens (tertiary/aromatic N) is 1. The zero-order valence-corrected chi connectivity index (χ0v) is 13.3. The molecular formula is C16H16N2O4S. The Morgan fingerprint density at radius 2 is 2.04 bits per heavy atom. The topological polar surface area (TPSA) is 96.4 Å². The van der Waals surface area contributed by atoms with Crippen molar-refractivity contribution in [3.05, 3.63) is 59.4 Å². The first-order valence-corrected chi connectivity index (χ1v) is 8.61. The minimum absolute atomic E-state index is 0.0393. The van der Waals surface area contributed by atoms with Gasteiger partial charge in [0.1, 0.15) is 4.90 Å². The molecule has 7 heteroatoms. The molecule has 1 heterocycles. The van der Waals surface area contributed by atoms with Crippen molar-refractivity contribution in [3.8, 4) is 0 Å². The van der Waals surface area contributed by atoms with Crippen LogP contribution in [0.15, 0.2) is 47.6 Å². The van der Waals surface area contributed by atoms with Gasteiger partial charge in [-0.1, -0.05) is 24.3 Å². The van der Waals surface area contributed by atoms with Crippen molar-refractivity contribution >= 4 is 16.0 Å². The summed E-state index contributed by atoms with van der Waals surface area (Å²) < 4.78 is 27.7. The van der Waals surface area contributed by atoms with Crippen LogP contribution >= 0.6 is 0 Å². The highest BCUT2D eigenvalue weighted by Gasteiger charge is 2.48. The van der Waals surface area contributed by atoms with Crippen molar-refractivity contribution in [2.45, 2.75) is 30.2 Å². The van der Waals surface area contributed by atoms with Crippen molar-refractivity contribution in [2.24, 2.45) is 0 Å². The number of hydrogen-bond donors (Lipinski definition) is 2. The van der Waals surface area contributed by atoms with Crippen molar-refractivity contribution in [3.63, 3.8) is 0 Å². The second-order valence-electron chi connectivity index (χ2n) is 5.67. The zero-order chi connectivity index (χ0) is 16.7. The molecule has 1 aromatic heterocycles. The number of sulfonamides is 1. The lowest BCUT2D eigenvalue weighted by Crippen LogP contribution is -2.50. The fourth-order valence-corrected chi connectivity index (χ4v) is 4.36. The van der Waals surface area contributed by atoms with Crippen LogP contribution in [0.3, 0.4) is 0 Å². The van der Waals surface area contributed by atoms with E-state index in [4.69, 9.17) is 0 Å². The lowest BCUT2D eigenvalue weighted by atomic mass is 9.93. The number of carboxylic acid groups (broad SMARTS) is 1. The number of carboxylic acids is 1. The summed E-state index contributed by atoms with van der Waals surface area (Å²) in [5.74, 6) is -1.20. The number of aliphatic carboxylic acids is 1. The van der Waals surface area contributed by atoms with Gasteiger partial charge < -0.3 is 5.11 Å². The third-order valence-electron chi connectivity index (χ3n) is 4.08. The molecule has 0 bridgehead atoms. The number of benzene rings is 1. The molecule has 1 aliphatic carbocycles. The summed E-state index contributed by atoms with van der Waals surface area (Å²) >= 11 is 0. The van der Waals surface area contributed by atoms with Crippen LogP contribution in [0.1, 0.15) is 23.1 Å². The molecule has 0 amide bonds. The molecule has 0 fully saturated rings. The van der Waals surface area contributed by atoms with Gasteiger partial charge in [-0.05, 0) is 42.5 Å². The van der Waals surface area contributed by atoms with Gasteiger partial charge in [-0.25, -0.2) is 13.2 Å². The molecule has 23 heavy (non-hydrogen) atoms. The Hall–Kier alpha value is -2.25. The maximum Gasteiger partial charge on any atom is 0.329 e. The molecule has 1 aliphatic rings. The second-order valence-corrected chi connectivity index (χ2v) is 7.35. The van der Waals surface area contributed by atoms with Crippen molar-refractivity contribution in [2.75, 3.05) is 0 Å². The van der Waals surface area contributed by atoms with Crippen LogP contribution in [0.4, 0.5) is 0 Å². The van der Waals surface area contributed by atoms with E-state index in [1.807, 2.05) is 12.1 Å². The summed E-state index contributed by atoms with van der Waals surface area (Å²) in [5, 5.41) is 9.73. The summed E-state index contributed by atoms with van der Waals surface area (Å²) in [6.45, 7) is 1.73. The molecule has 0 radical (unpaired) electrons. The summed E-state index contributed by atoms with van der Waals surface area (Å²) in [4.78, 5) is 15.8. The van der Waals surface area contributed by atoms with Crippen LogP contribution in [0.25, 0.3) is 0 Å². The van der Waals surface area contributed by atoms with Crippen molar-refractivity contribution in [1.82, 2.24) is 9.71 Å². The number of carbonyl (C=O) groups is 1. The zero-order valence-electron chi connectivity index (χ0n) is 12.5. The van der Waals surface area contributed by atoms with Crippen LogP contribution in [0.2, 0.25) is 0 Å². The quantitative estimate of drug-likeness (QED) is 0.886. The van der Waals surface area contributed by atoms with E-state index in [-0.39, 0.29) is 11.3 Å². The van der Waals surface area contributed by atoms with Gasteiger partial charge in [0.25, 0.3) is 0 Å². The molecule has 3 rings (SSSR count). The molecule has 1 unspecified atom stereocenters. The third kappa shape index (κ3) is 2.62. The maximum absolute atomic E-state index is 12.6. The van der Waals surface area contributed by atoms with Gasteiger partial charge in [0.15, 0.2) is 5.54 Å². The number of aromatic nitrogens is 1. The Bertz CT molecular complexity index is 879. The number of rotatable bonds is 4. The van der Waals surface area contributed by atoms with Crippen LogP contribution in [-0.2, 0) is 26.8 Å². The molecule has 0 saturated carbocycles. The lowest BCUT2D eigenvalue weighted by Gasteiger charge is -2.26. The van der Waals surface area contributed by atoms with E-state index in [1.54, 1.807) is 19.1 Å². The highest BCUT2D eigenvalue weighted by Crippen LogP contribution is 2.38. The Labute approximate surface area is 134 Å². The molecule has 0 spiro atoms. The van der Waals surface area contributed by atoms with Crippen molar-refractivity contribution < 1.29 is 18.3 Å². The highest BCUT2D eigenvalue weighted by atomic mass is 32.2. The van der Waals surface area contributed by atoms with Crippen LogP contribution in [0.5, 0.6) is 0 Å². The summed E-state index contributed by atoms with van der Waals surface area (Å²) in [6.07, 6.45) is 3.44. The Kier molecular flexibility index (Phi) is 3.69. The predicted octanol–water partition coefficient (Wildman–Crippen LogP) is 1.59. The molecule has 6 nitrogen and oxygen atoms in total. The first-order valence-electron chi connectivity index (χ1n) is 7.12. The van der Waals surface area contributed by atoms with Crippen molar-refractivity contribution in [1.29, 1.82) is 0 Å². The maximum atomic E-state index is 12.6. The smallest absolute Gasteiger partial charge is 0.329 e. The fourth-order valence-electron chi connectivity index (χ4n) is 2.95. The van der Waals surface area contributed by atoms with E-state index < -0.39 is 21.5 Å². The molecule has 0 aliphatic heterocycles. The van der Waals surface area contributed by atoms with E-state index in [2.05, 4.69) is 9.71 Å². The third-order valence-corrected chi connectivity index (χ3v) is 5.54. The van der Waals surface area contributed by atoms with E-state index in [0.29, 0.717) is 17.5 Å². The van der Waals surface area contributed by atoms with Crippen LogP contribution < -0.4 is 4.72 Å². The minimum Gasteiger partial charge on any atom is -0.480 e. The van der Waals surface area contributed by atoms with Gasteiger partial charge >= 0.3 is 5.97 Å². The normalized spacial score (nSPS) is 20.2. The molecule has 120 valence electrons. The lowest BCUT2D eigenvalue weighted by molar-refractivity contribution is -0.144. The van der Waals surface area contributed by atoms with E-state index >= 15 is 0 Å². The number of pyridine rings is 1. The first kappa shape index (κ1) is 15.6. The molecule has 2 aromatic rings. The SMILES string of the molecule is Cc1cncc(S(=O)(=O)NC2(C(=O)O)CCc3ccccc32)c1. The van der Waals surface area contributed by atoms with Gasteiger partial charge in [0, 0.05) is 12.4 Å². The Morgan fingerprint density at radius 3 is 2.74 bits per heavy atom. The minimum atomic E-state index is -4.01. The molecular weight excluding hydrogens is 316 g/mol. The van der Waals surface area contributed by atoms with Gasteiger partial charge in [-0.15, -0.1) is 0 Å². The van der Waals surface area contributed by atoms with Gasteiger partial charge in [-0.3, -0.25) is 4.98 Å². The molecule has 1 aromatic carbocycles. The molecule has 1 atom stereocenters. The number of hydrogen-bond acceptors (Lipinski definition) is 4. The van der Waals surface area contributed by atoms with Gasteiger partial charge in [-0.2, -0.15) is 4.72 Å². The number of fused-ring (bicyclic) bond motifs is 1. The first-order chi connectivity index (χ1) is 10.8. The van der Waals surface area contributed by atoms with E-state index in [9.17, 15) is 18.3 Å². The summed E-state index contributed by atoms with van der Waals surface area (Å²) in [5.41, 5.74) is 0.389. The Morgan fingerprint density at radius 1 is 1.30 bits per heavy atom. The van der Waals surface area contributed by atoms with E-state index in [0.717, 1.165) is 5.56 Å². The average molecular weight is 332 g/mol. The number of nitrogens with one attached hydrogen (secondary N) is 1. The van der Waals surface area contributed by atoms with Gasteiger partial charge in [0.05, 0.1) is 0 Å². The second kappa shape index (κ2) is 5.43. The largest absolute Gasteiger partial charge is 0.480 e. The number of aryl methyl sites for hydroxylation is 2. The summed E-state index contributed by atoms with van der Waals surface area (Å²) in [7, 11) is -4.01. The molecule has 2 N–H and O–H groups in total. The van der Waals surface area contributed by atoms with Crippen LogP contribution in [-0.4, -0.2) is 24.5 Å². The highest BCUT2D eigenvalue weighted by molar-refractivity contribution is 7.89. The Balaban J connectivity index is 2.07. The fraction of sp³-hybridized carbons (Fsp3) is 0.250. The molecule has 0 saturated heterocycles. The average Bonchev–Trinajstić information content (AvgIpc) is 2.87. The van der Waals surface area contributed by atoms with E-state index in [1.165, 1.54) is 18.5 Å². The monoisotopic (exact) mass is 332 g/mol. The standard InChI is InChI=1S/C16H16N2O4S/c1-11-8-13(10-17-9-11)23(21,22)18-16(15(19)20)7-6-12-4-2-3-5-14(12)16/h2-5,8-10,18H,6-7H2,1H3,(H,19,20). The predicted molar refractivity (Wildman–Crippen MR) is 83.4 cm³/mol. The van der Waals surface area contributed by atoms with Gasteiger partial charge in [0.2, 0.25) is 10.0 Å². The summed E-state index contributed by atoms with van der Waals surface area (Å²) in [6, 6.07) is 8.47. The van der Waals surface area contributed by atoms with Crippen LogP contribution in [0, 0.1) is 6.92 Å².